The lowest BCUT2D eigenvalue weighted by molar-refractivity contribution is -0.137. The highest BCUT2D eigenvalue weighted by Crippen LogP contribution is 2.23. The molecule has 2 atom stereocenters. The van der Waals surface area contributed by atoms with E-state index in [1.807, 2.05) is 0 Å². The molecule has 112 valence electrons. The third-order valence-corrected chi connectivity index (χ3v) is 2.85. The summed E-state index contributed by atoms with van der Waals surface area (Å²) in [6, 6.07) is 1.90. The van der Waals surface area contributed by atoms with Crippen molar-refractivity contribution in [2.24, 2.45) is 0 Å². The Bertz CT molecular complexity index is 456. The van der Waals surface area contributed by atoms with Crippen molar-refractivity contribution in [3.8, 4) is 0 Å². The van der Waals surface area contributed by atoms with Crippen LogP contribution in [0.4, 0.5) is 8.78 Å². The minimum atomic E-state index is -1.41. The Morgan fingerprint density at radius 2 is 2.05 bits per heavy atom. The first kappa shape index (κ1) is 16.5. The molecule has 0 aliphatic heterocycles. The number of halogens is 2. The number of rotatable bonds is 8. The average molecular weight is 289 g/mol. The summed E-state index contributed by atoms with van der Waals surface area (Å²) >= 11 is 0. The maximum absolute atomic E-state index is 13.6. The van der Waals surface area contributed by atoms with Gasteiger partial charge in [-0.25, -0.2) is 8.78 Å². The Labute approximate surface area is 114 Å². The van der Waals surface area contributed by atoms with Gasteiger partial charge in [0.25, 0.3) is 0 Å². The van der Waals surface area contributed by atoms with Gasteiger partial charge in [0.15, 0.2) is 0 Å². The molecular weight excluding hydrogens is 272 g/mol. The maximum atomic E-state index is 13.6. The Kier molecular flexibility index (Phi) is 6.50. The van der Waals surface area contributed by atoms with Crippen LogP contribution in [0.15, 0.2) is 18.2 Å². The number of carboxylic acid groups (broad SMARTS) is 1. The molecule has 0 saturated heterocycles. The van der Waals surface area contributed by atoms with Crippen molar-refractivity contribution in [2.75, 3.05) is 13.2 Å². The number of hydrogen-bond donors (Lipinski definition) is 4. The van der Waals surface area contributed by atoms with E-state index in [-0.39, 0.29) is 31.6 Å². The lowest BCUT2D eigenvalue weighted by Gasteiger charge is -2.24. The zero-order chi connectivity index (χ0) is 15.1. The van der Waals surface area contributed by atoms with E-state index < -0.39 is 29.7 Å². The molecule has 2 unspecified atom stereocenters. The lowest BCUT2D eigenvalue weighted by Crippen LogP contribution is -2.37. The average Bonchev–Trinajstić information content (AvgIpc) is 2.40. The fourth-order valence-corrected chi connectivity index (χ4v) is 1.86. The molecular formula is C13H17F2NO4. The van der Waals surface area contributed by atoms with Crippen LogP contribution in [-0.2, 0) is 4.79 Å². The summed E-state index contributed by atoms with van der Waals surface area (Å²) in [5, 5.41) is 30.2. The molecule has 0 aromatic heterocycles. The van der Waals surface area contributed by atoms with Gasteiger partial charge in [0.2, 0.25) is 0 Å². The molecule has 0 heterocycles. The molecule has 0 aliphatic carbocycles. The molecule has 5 nitrogen and oxygen atoms in total. The van der Waals surface area contributed by atoms with Crippen molar-refractivity contribution in [3.63, 3.8) is 0 Å². The van der Waals surface area contributed by atoms with E-state index in [9.17, 15) is 18.7 Å². The molecule has 4 N–H and O–H groups in total. The van der Waals surface area contributed by atoms with Crippen molar-refractivity contribution < 1.29 is 28.9 Å². The van der Waals surface area contributed by atoms with E-state index in [2.05, 4.69) is 5.32 Å². The lowest BCUT2D eigenvalue weighted by atomic mass is 9.97. The smallest absolute Gasteiger partial charge is 0.303 e. The van der Waals surface area contributed by atoms with E-state index >= 15 is 0 Å². The normalized spacial score (nSPS) is 14.0. The van der Waals surface area contributed by atoms with E-state index in [1.165, 1.54) is 0 Å². The van der Waals surface area contributed by atoms with Crippen molar-refractivity contribution in [1.29, 1.82) is 0 Å². The first-order chi connectivity index (χ1) is 9.45. The van der Waals surface area contributed by atoms with Gasteiger partial charge in [-0.05, 0) is 24.6 Å². The van der Waals surface area contributed by atoms with Gasteiger partial charge in [-0.15, -0.1) is 0 Å². The summed E-state index contributed by atoms with van der Waals surface area (Å²) in [4.78, 5) is 10.6. The molecule has 1 aromatic rings. The summed E-state index contributed by atoms with van der Waals surface area (Å²) in [7, 11) is 0. The molecule has 1 aromatic carbocycles. The molecule has 0 radical (unpaired) electrons. The first-order valence-electron chi connectivity index (χ1n) is 6.14. The van der Waals surface area contributed by atoms with E-state index in [4.69, 9.17) is 10.2 Å². The summed E-state index contributed by atoms with van der Waals surface area (Å²) in [6.45, 7) is -0.111. The number of aliphatic hydroxyl groups is 2. The van der Waals surface area contributed by atoms with E-state index in [0.717, 1.165) is 18.2 Å². The van der Waals surface area contributed by atoms with Gasteiger partial charge in [-0.2, -0.15) is 0 Å². The largest absolute Gasteiger partial charge is 0.481 e. The van der Waals surface area contributed by atoms with Gasteiger partial charge in [-0.3, -0.25) is 4.79 Å². The highest BCUT2D eigenvalue weighted by Gasteiger charge is 2.24. The van der Waals surface area contributed by atoms with Gasteiger partial charge in [0.1, 0.15) is 11.6 Å². The second-order valence-electron chi connectivity index (χ2n) is 4.33. The quantitative estimate of drug-likeness (QED) is 0.569. The number of carboxylic acids is 1. The van der Waals surface area contributed by atoms with Crippen molar-refractivity contribution in [1.82, 2.24) is 5.32 Å². The third-order valence-electron chi connectivity index (χ3n) is 2.85. The fourth-order valence-electron chi connectivity index (χ4n) is 1.86. The number of hydrogen-bond acceptors (Lipinski definition) is 4. The Morgan fingerprint density at radius 1 is 1.35 bits per heavy atom. The van der Waals surface area contributed by atoms with Crippen LogP contribution in [0.25, 0.3) is 0 Å². The highest BCUT2D eigenvalue weighted by molar-refractivity contribution is 5.66. The van der Waals surface area contributed by atoms with Crippen molar-refractivity contribution in [2.45, 2.75) is 25.0 Å². The van der Waals surface area contributed by atoms with Crippen LogP contribution in [0.2, 0.25) is 0 Å². The number of carbonyl (C=O) groups is 1. The van der Waals surface area contributed by atoms with Crippen molar-refractivity contribution in [3.05, 3.63) is 35.4 Å². The summed E-state index contributed by atoms with van der Waals surface area (Å²) in [6.07, 6.45) is -1.62. The van der Waals surface area contributed by atoms with Crippen LogP contribution in [0.5, 0.6) is 0 Å². The van der Waals surface area contributed by atoms with Crippen LogP contribution in [0.1, 0.15) is 24.5 Å². The predicted octanol–water partition coefficient (Wildman–Crippen LogP) is 0.813. The second kappa shape index (κ2) is 7.88. The molecule has 0 spiro atoms. The summed E-state index contributed by atoms with van der Waals surface area (Å²) in [5.74, 6) is -2.53. The molecule has 0 amide bonds. The van der Waals surface area contributed by atoms with E-state index in [1.54, 1.807) is 0 Å². The number of aliphatic carboxylic acids is 1. The number of benzene rings is 1. The van der Waals surface area contributed by atoms with E-state index in [0.29, 0.717) is 0 Å². The Balaban J connectivity index is 2.86. The highest BCUT2D eigenvalue weighted by atomic mass is 19.1. The minimum absolute atomic E-state index is 0.0203. The van der Waals surface area contributed by atoms with Gasteiger partial charge in [-0.1, -0.05) is 0 Å². The van der Waals surface area contributed by atoms with Crippen LogP contribution < -0.4 is 5.32 Å². The SMILES string of the molecule is O=C(O)CCC(NCCO)C(O)c1cc(F)ccc1F. The predicted molar refractivity (Wildman–Crippen MR) is 67.1 cm³/mol. The molecule has 0 bridgehead atoms. The van der Waals surface area contributed by atoms with Gasteiger partial charge in [0, 0.05) is 24.6 Å². The van der Waals surface area contributed by atoms with Gasteiger partial charge < -0.3 is 20.6 Å². The zero-order valence-corrected chi connectivity index (χ0v) is 10.7. The molecule has 0 fully saturated rings. The Hall–Kier alpha value is -1.57. The maximum Gasteiger partial charge on any atom is 0.303 e. The summed E-state index contributed by atoms with van der Waals surface area (Å²) < 4.78 is 26.7. The Morgan fingerprint density at radius 3 is 2.65 bits per heavy atom. The standard InChI is InChI=1S/C13H17F2NO4/c14-8-1-2-10(15)9(7-8)13(20)11(16-5-6-17)3-4-12(18)19/h1-2,7,11,13,16-17,20H,3-6H2,(H,18,19). The molecule has 0 aliphatic rings. The van der Waals surface area contributed by atoms with Gasteiger partial charge in [0.05, 0.1) is 12.7 Å². The van der Waals surface area contributed by atoms with Crippen LogP contribution in [0, 0.1) is 11.6 Å². The van der Waals surface area contributed by atoms with Gasteiger partial charge >= 0.3 is 5.97 Å². The zero-order valence-electron chi connectivity index (χ0n) is 10.7. The molecule has 20 heavy (non-hydrogen) atoms. The third kappa shape index (κ3) is 4.84. The monoisotopic (exact) mass is 289 g/mol. The molecule has 7 heteroatoms. The first-order valence-corrected chi connectivity index (χ1v) is 6.14. The minimum Gasteiger partial charge on any atom is -0.481 e. The molecule has 0 saturated carbocycles. The fraction of sp³-hybridized carbons (Fsp3) is 0.462. The molecule has 1 rings (SSSR count). The number of aliphatic hydroxyl groups excluding tert-OH is 2. The van der Waals surface area contributed by atoms with Crippen LogP contribution >= 0.6 is 0 Å². The van der Waals surface area contributed by atoms with Crippen LogP contribution in [-0.4, -0.2) is 40.5 Å². The summed E-state index contributed by atoms with van der Waals surface area (Å²) in [5.41, 5.74) is -0.245. The number of nitrogens with one attached hydrogen (secondary N) is 1. The topological polar surface area (TPSA) is 89.8 Å². The van der Waals surface area contributed by atoms with Crippen LogP contribution in [0.3, 0.4) is 0 Å². The second-order valence-corrected chi connectivity index (χ2v) is 4.33. The van der Waals surface area contributed by atoms with Crippen molar-refractivity contribution >= 4 is 5.97 Å².